The third-order valence-electron chi connectivity index (χ3n) is 2.69. The largest absolute Gasteiger partial charge is 0.411 e. The van der Waals surface area contributed by atoms with Crippen LogP contribution in [0.5, 0.6) is 0 Å². The average molecular weight is 163 g/mol. The zero-order valence-corrected chi connectivity index (χ0v) is 7.03. The van der Waals surface area contributed by atoms with Crippen LogP contribution < -0.4 is 0 Å². The Hall–Kier alpha value is -1.05. The van der Waals surface area contributed by atoms with E-state index in [1.54, 1.807) is 0 Å². The Kier molecular flexibility index (Phi) is 1.98. The van der Waals surface area contributed by atoms with Crippen molar-refractivity contribution >= 4 is 5.71 Å². The first-order valence-corrected chi connectivity index (χ1v) is 4.50. The maximum atomic E-state index is 8.75. The molecule has 2 aliphatic carbocycles. The van der Waals surface area contributed by atoms with E-state index in [0.717, 1.165) is 25.0 Å². The molecule has 0 saturated heterocycles. The number of rotatable bonds is 0. The van der Waals surface area contributed by atoms with Gasteiger partial charge in [0.25, 0.3) is 0 Å². The standard InChI is InChI=1S/C10H13NO/c12-11-10-7-3-5-8-4-1-2-6-9(8)10/h1-2,6,8,12H,3-5,7H2/b11-10+. The van der Waals surface area contributed by atoms with Crippen LogP contribution >= 0.6 is 0 Å². The molecule has 1 fully saturated rings. The number of hydrogen-bond donors (Lipinski definition) is 1. The van der Waals surface area contributed by atoms with Crippen LogP contribution in [-0.4, -0.2) is 10.9 Å². The van der Waals surface area contributed by atoms with Crippen molar-refractivity contribution in [1.29, 1.82) is 0 Å². The fraction of sp³-hybridized carbons (Fsp3) is 0.500. The van der Waals surface area contributed by atoms with Gasteiger partial charge in [-0.1, -0.05) is 23.4 Å². The van der Waals surface area contributed by atoms with Crippen LogP contribution in [0.1, 0.15) is 25.7 Å². The molecule has 0 aliphatic heterocycles. The smallest absolute Gasteiger partial charge is 0.0830 e. The number of nitrogens with zero attached hydrogens (tertiary/aromatic N) is 1. The van der Waals surface area contributed by atoms with Gasteiger partial charge in [-0.3, -0.25) is 0 Å². The monoisotopic (exact) mass is 163 g/mol. The molecule has 64 valence electrons. The van der Waals surface area contributed by atoms with Gasteiger partial charge in [0.15, 0.2) is 0 Å². The Morgan fingerprint density at radius 1 is 1.50 bits per heavy atom. The second kappa shape index (κ2) is 3.13. The highest BCUT2D eigenvalue weighted by molar-refractivity contribution is 6.01. The molecule has 0 amide bonds. The maximum Gasteiger partial charge on any atom is 0.0830 e. The maximum absolute atomic E-state index is 8.75. The Labute approximate surface area is 72.3 Å². The zero-order valence-electron chi connectivity index (χ0n) is 7.03. The van der Waals surface area contributed by atoms with Crippen LogP contribution in [0.2, 0.25) is 0 Å². The summed E-state index contributed by atoms with van der Waals surface area (Å²) in [5, 5.41) is 12.1. The molecule has 0 radical (unpaired) electrons. The molecule has 0 aromatic rings. The average Bonchev–Trinajstić information content (AvgIpc) is 2.17. The Morgan fingerprint density at radius 3 is 3.25 bits per heavy atom. The lowest BCUT2D eigenvalue weighted by atomic mass is 9.79. The van der Waals surface area contributed by atoms with Crippen LogP contribution in [0.25, 0.3) is 0 Å². The first kappa shape index (κ1) is 7.59. The van der Waals surface area contributed by atoms with Gasteiger partial charge < -0.3 is 5.21 Å². The van der Waals surface area contributed by atoms with E-state index in [2.05, 4.69) is 23.4 Å². The summed E-state index contributed by atoms with van der Waals surface area (Å²) in [5.41, 5.74) is 2.15. The molecule has 0 spiro atoms. The van der Waals surface area contributed by atoms with Gasteiger partial charge in [-0.05, 0) is 37.2 Å². The van der Waals surface area contributed by atoms with Gasteiger partial charge in [0.1, 0.15) is 0 Å². The van der Waals surface area contributed by atoms with Gasteiger partial charge in [0, 0.05) is 0 Å². The van der Waals surface area contributed by atoms with E-state index < -0.39 is 0 Å². The highest BCUT2D eigenvalue weighted by Crippen LogP contribution is 2.32. The minimum absolute atomic E-state index is 0.620. The van der Waals surface area contributed by atoms with Crippen molar-refractivity contribution in [3.63, 3.8) is 0 Å². The predicted octanol–water partition coefficient (Wildman–Crippen LogP) is 2.50. The van der Waals surface area contributed by atoms with Crippen LogP contribution in [0, 0.1) is 5.92 Å². The number of hydrogen-bond acceptors (Lipinski definition) is 2. The summed E-state index contributed by atoms with van der Waals surface area (Å²) in [7, 11) is 0. The fourth-order valence-electron chi connectivity index (χ4n) is 2.05. The molecular weight excluding hydrogens is 150 g/mol. The van der Waals surface area contributed by atoms with E-state index in [1.165, 1.54) is 12.0 Å². The summed E-state index contributed by atoms with van der Waals surface area (Å²) in [4.78, 5) is 0. The van der Waals surface area contributed by atoms with Crippen molar-refractivity contribution in [2.45, 2.75) is 25.7 Å². The van der Waals surface area contributed by atoms with Crippen molar-refractivity contribution < 1.29 is 5.21 Å². The van der Waals surface area contributed by atoms with Gasteiger partial charge in [-0.15, -0.1) is 0 Å². The molecule has 2 aliphatic rings. The van der Waals surface area contributed by atoms with E-state index in [9.17, 15) is 0 Å². The van der Waals surface area contributed by atoms with Gasteiger partial charge in [-0.2, -0.15) is 0 Å². The van der Waals surface area contributed by atoms with Crippen LogP contribution in [0.15, 0.2) is 29.0 Å². The quantitative estimate of drug-likeness (QED) is 0.432. The van der Waals surface area contributed by atoms with Crippen molar-refractivity contribution in [2.75, 3.05) is 0 Å². The first-order chi connectivity index (χ1) is 5.92. The minimum atomic E-state index is 0.620. The van der Waals surface area contributed by atoms with Gasteiger partial charge >= 0.3 is 0 Å². The summed E-state index contributed by atoms with van der Waals surface area (Å²) in [6.45, 7) is 0. The van der Waals surface area contributed by atoms with Gasteiger partial charge in [0.05, 0.1) is 5.71 Å². The molecular formula is C10H13NO. The van der Waals surface area contributed by atoms with E-state index in [4.69, 9.17) is 5.21 Å². The molecule has 0 bridgehead atoms. The Morgan fingerprint density at radius 2 is 2.42 bits per heavy atom. The summed E-state index contributed by atoms with van der Waals surface area (Å²) in [6.07, 6.45) is 10.8. The predicted molar refractivity (Wildman–Crippen MR) is 48.4 cm³/mol. The third kappa shape index (κ3) is 1.17. The van der Waals surface area contributed by atoms with Crippen molar-refractivity contribution in [1.82, 2.24) is 0 Å². The highest BCUT2D eigenvalue weighted by atomic mass is 16.4. The minimum Gasteiger partial charge on any atom is -0.411 e. The third-order valence-corrected chi connectivity index (χ3v) is 2.69. The molecule has 2 nitrogen and oxygen atoms in total. The molecule has 1 atom stereocenters. The van der Waals surface area contributed by atoms with Gasteiger partial charge in [-0.25, -0.2) is 0 Å². The fourth-order valence-corrected chi connectivity index (χ4v) is 2.05. The zero-order chi connectivity index (χ0) is 8.39. The van der Waals surface area contributed by atoms with Gasteiger partial charge in [0.2, 0.25) is 0 Å². The first-order valence-electron chi connectivity index (χ1n) is 4.50. The molecule has 1 N–H and O–H groups in total. The van der Waals surface area contributed by atoms with Crippen molar-refractivity contribution in [3.05, 3.63) is 23.8 Å². The van der Waals surface area contributed by atoms with E-state index in [-0.39, 0.29) is 0 Å². The van der Waals surface area contributed by atoms with E-state index >= 15 is 0 Å². The summed E-state index contributed by atoms with van der Waals surface area (Å²) < 4.78 is 0. The van der Waals surface area contributed by atoms with E-state index in [1.807, 2.05) is 0 Å². The lowest BCUT2D eigenvalue weighted by Crippen LogP contribution is -2.20. The summed E-state index contributed by atoms with van der Waals surface area (Å²) in [6, 6.07) is 0. The molecule has 0 aromatic heterocycles. The number of fused-ring (bicyclic) bond motifs is 1. The topological polar surface area (TPSA) is 32.6 Å². The highest BCUT2D eigenvalue weighted by Gasteiger charge is 2.24. The Balaban J connectivity index is 2.29. The Bertz CT molecular complexity index is 263. The molecule has 0 aromatic carbocycles. The normalized spacial score (nSPS) is 31.5. The SMILES string of the molecule is O/N=C1\CCCC2CC=CC=C12. The molecule has 2 heteroatoms. The second-order valence-corrected chi connectivity index (χ2v) is 3.42. The van der Waals surface area contributed by atoms with Crippen LogP contribution in [-0.2, 0) is 0 Å². The number of oxime groups is 1. The van der Waals surface area contributed by atoms with Crippen molar-refractivity contribution in [3.8, 4) is 0 Å². The molecule has 0 heterocycles. The molecule has 1 unspecified atom stereocenters. The molecule has 2 rings (SSSR count). The molecule has 12 heavy (non-hydrogen) atoms. The lowest BCUT2D eigenvalue weighted by Gasteiger charge is -2.26. The van der Waals surface area contributed by atoms with Crippen LogP contribution in [0.3, 0.4) is 0 Å². The van der Waals surface area contributed by atoms with Crippen molar-refractivity contribution in [2.24, 2.45) is 11.1 Å². The summed E-state index contributed by atoms with van der Waals surface area (Å²) in [5.74, 6) is 0.620. The molecule has 1 saturated carbocycles. The number of allylic oxidation sites excluding steroid dienone is 4. The van der Waals surface area contributed by atoms with Crippen LogP contribution in [0.4, 0.5) is 0 Å². The van der Waals surface area contributed by atoms with E-state index in [0.29, 0.717) is 5.92 Å². The lowest BCUT2D eigenvalue weighted by molar-refractivity contribution is 0.315. The second-order valence-electron chi connectivity index (χ2n) is 3.42. The summed E-state index contributed by atoms with van der Waals surface area (Å²) >= 11 is 0.